The zero-order chi connectivity index (χ0) is 23.5. The van der Waals surface area contributed by atoms with E-state index in [0.29, 0.717) is 46.3 Å². The molecule has 33 heavy (non-hydrogen) atoms. The fourth-order valence-corrected chi connectivity index (χ4v) is 4.82. The number of hydrogen-bond donors (Lipinski definition) is 1. The second kappa shape index (κ2) is 10.1. The molecule has 0 bridgehead atoms. The van der Waals surface area contributed by atoms with Gasteiger partial charge in [0.2, 0.25) is 0 Å². The average molecular weight is 486 g/mol. The summed E-state index contributed by atoms with van der Waals surface area (Å²) in [6, 6.07) is 14.9. The molecule has 0 radical (unpaired) electrons. The van der Waals surface area contributed by atoms with Crippen molar-refractivity contribution in [3.63, 3.8) is 0 Å². The van der Waals surface area contributed by atoms with Crippen LogP contribution in [0, 0.1) is 0 Å². The Hall–Kier alpha value is -2.60. The van der Waals surface area contributed by atoms with E-state index in [0.717, 1.165) is 16.8 Å². The Bertz CT molecular complexity index is 1120. The van der Waals surface area contributed by atoms with Crippen molar-refractivity contribution in [2.45, 2.75) is 31.6 Å². The molecule has 1 aliphatic carbocycles. The van der Waals surface area contributed by atoms with E-state index in [1.54, 1.807) is 19.2 Å². The van der Waals surface area contributed by atoms with E-state index >= 15 is 0 Å². The average Bonchev–Trinajstić information content (AvgIpc) is 2.79. The predicted molar refractivity (Wildman–Crippen MR) is 128 cm³/mol. The number of carbonyl (C=O) groups excluding carboxylic acids is 2. The van der Waals surface area contributed by atoms with Gasteiger partial charge in [0, 0.05) is 46.5 Å². The van der Waals surface area contributed by atoms with Crippen molar-refractivity contribution in [2.24, 2.45) is 0 Å². The molecule has 7 heteroatoms. The van der Waals surface area contributed by atoms with E-state index in [-0.39, 0.29) is 18.3 Å². The van der Waals surface area contributed by atoms with Crippen molar-refractivity contribution in [3.8, 4) is 0 Å². The van der Waals surface area contributed by atoms with Crippen LogP contribution in [0.2, 0.25) is 10.0 Å². The number of allylic oxidation sites excluding steroid dienone is 3. The van der Waals surface area contributed by atoms with Crippen molar-refractivity contribution in [1.82, 2.24) is 5.32 Å². The van der Waals surface area contributed by atoms with E-state index in [1.807, 2.05) is 43.3 Å². The number of methoxy groups -OCH3 is 1. The van der Waals surface area contributed by atoms with Gasteiger partial charge in [-0.05, 0) is 54.7 Å². The number of hydrogen-bond acceptors (Lipinski definition) is 5. The van der Waals surface area contributed by atoms with Crippen LogP contribution < -0.4 is 5.32 Å². The van der Waals surface area contributed by atoms with Crippen LogP contribution in [-0.4, -0.2) is 32.1 Å². The number of halogens is 2. The zero-order valence-electron chi connectivity index (χ0n) is 18.5. The minimum Gasteiger partial charge on any atom is -0.460 e. The maximum absolute atomic E-state index is 13.5. The second-order valence-corrected chi connectivity index (χ2v) is 9.12. The highest BCUT2D eigenvalue weighted by molar-refractivity contribution is 6.30. The molecule has 0 saturated heterocycles. The molecule has 0 aromatic heterocycles. The van der Waals surface area contributed by atoms with Crippen LogP contribution in [0.4, 0.5) is 0 Å². The Morgan fingerprint density at radius 3 is 2.18 bits per heavy atom. The molecule has 2 atom stereocenters. The van der Waals surface area contributed by atoms with Gasteiger partial charge in [-0.1, -0.05) is 47.5 Å². The summed E-state index contributed by atoms with van der Waals surface area (Å²) in [7, 11) is 1.55. The highest BCUT2D eigenvalue weighted by atomic mass is 35.5. The van der Waals surface area contributed by atoms with Crippen LogP contribution in [0.15, 0.2) is 71.1 Å². The van der Waals surface area contributed by atoms with Gasteiger partial charge in [-0.3, -0.25) is 4.79 Å². The first-order valence-electron chi connectivity index (χ1n) is 10.8. The highest BCUT2D eigenvalue weighted by Gasteiger charge is 2.41. The number of dihydropyridines is 1. The quantitative estimate of drug-likeness (QED) is 0.429. The molecule has 4 rings (SSSR count). The molecule has 1 heterocycles. The van der Waals surface area contributed by atoms with Crippen molar-refractivity contribution >= 4 is 35.0 Å². The van der Waals surface area contributed by atoms with Gasteiger partial charge in [0.25, 0.3) is 0 Å². The van der Waals surface area contributed by atoms with Crippen molar-refractivity contribution in [2.75, 3.05) is 20.3 Å². The number of carbonyl (C=O) groups is 2. The Morgan fingerprint density at radius 1 is 0.970 bits per heavy atom. The maximum atomic E-state index is 13.5. The van der Waals surface area contributed by atoms with Gasteiger partial charge in [-0.2, -0.15) is 0 Å². The van der Waals surface area contributed by atoms with Crippen molar-refractivity contribution in [1.29, 1.82) is 0 Å². The van der Waals surface area contributed by atoms with Gasteiger partial charge in [0.15, 0.2) is 5.78 Å². The van der Waals surface area contributed by atoms with Gasteiger partial charge >= 0.3 is 5.97 Å². The largest absolute Gasteiger partial charge is 0.460 e. The minimum atomic E-state index is -0.521. The lowest BCUT2D eigenvalue weighted by Gasteiger charge is -2.36. The Kier molecular flexibility index (Phi) is 7.23. The normalized spacial score (nSPS) is 20.4. The standard InChI is InChI=1S/C26H25Cl2NO4/c1-15-23(26(31)33-12-11-32-2)24(17-5-9-20(28)10-6-17)25-21(29-15)13-18(14-22(25)30)16-3-7-19(27)8-4-16/h3-10,18,24,29H,11-14H2,1-2H3/t18-,24-/m1/s1. The van der Waals surface area contributed by atoms with Crippen molar-refractivity contribution in [3.05, 3.63) is 92.2 Å². The van der Waals surface area contributed by atoms with E-state index < -0.39 is 11.9 Å². The van der Waals surface area contributed by atoms with Crippen LogP contribution in [0.3, 0.4) is 0 Å². The van der Waals surface area contributed by atoms with E-state index in [9.17, 15) is 9.59 Å². The number of benzene rings is 2. The smallest absolute Gasteiger partial charge is 0.336 e. The summed E-state index contributed by atoms with van der Waals surface area (Å²) >= 11 is 12.2. The monoisotopic (exact) mass is 485 g/mol. The highest BCUT2D eigenvalue weighted by Crippen LogP contribution is 2.45. The molecule has 5 nitrogen and oxygen atoms in total. The lowest BCUT2D eigenvalue weighted by Crippen LogP contribution is -2.36. The molecule has 0 fully saturated rings. The Balaban J connectivity index is 1.73. The number of nitrogens with one attached hydrogen (secondary N) is 1. The summed E-state index contributed by atoms with van der Waals surface area (Å²) in [6.07, 6.45) is 1.02. The minimum absolute atomic E-state index is 0.0124. The van der Waals surface area contributed by atoms with Gasteiger partial charge in [0.05, 0.1) is 12.2 Å². The third-order valence-corrected chi connectivity index (χ3v) is 6.62. The molecule has 0 unspecified atom stereocenters. The second-order valence-electron chi connectivity index (χ2n) is 8.25. The molecule has 172 valence electrons. The fourth-order valence-electron chi connectivity index (χ4n) is 4.56. The van der Waals surface area contributed by atoms with Gasteiger partial charge in [-0.15, -0.1) is 0 Å². The topological polar surface area (TPSA) is 64.6 Å². The first kappa shape index (κ1) is 23.6. The van der Waals surface area contributed by atoms with Gasteiger partial charge in [0.1, 0.15) is 6.61 Å². The summed E-state index contributed by atoms with van der Waals surface area (Å²) in [6.45, 7) is 2.28. The maximum Gasteiger partial charge on any atom is 0.336 e. The van der Waals surface area contributed by atoms with E-state index in [4.69, 9.17) is 32.7 Å². The van der Waals surface area contributed by atoms with Crippen LogP contribution in [0.25, 0.3) is 0 Å². The third-order valence-electron chi connectivity index (χ3n) is 6.11. The number of ketones is 1. The SMILES string of the molecule is COCCOC(=O)C1=C(C)NC2=C(C(=O)C[C@H](c3ccc(Cl)cc3)C2)[C@@H]1c1ccc(Cl)cc1. The van der Waals surface area contributed by atoms with E-state index in [1.165, 1.54) is 0 Å². The van der Waals surface area contributed by atoms with Gasteiger partial charge < -0.3 is 14.8 Å². The van der Waals surface area contributed by atoms with Crippen LogP contribution in [0.1, 0.15) is 42.7 Å². The fraction of sp³-hybridized carbons (Fsp3) is 0.308. The summed E-state index contributed by atoms with van der Waals surface area (Å²) in [4.78, 5) is 26.6. The third kappa shape index (κ3) is 5.01. The Labute approximate surface area is 203 Å². The molecule has 1 N–H and O–H groups in total. The number of Topliss-reactive ketones (excluding diaryl/α,β-unsaturated/α-hetero) is 1. The molecule has 0 amide bonds. The first-order valence-corrected chi connectivity index (χ1v) is 11.6. The summed E-state index contributed by atoms with van der Waals surface area (Å²) in [5, 5.41) is 4.60. The van der Waals surface area contributed by atoms with E-state index in [2.05, 4.69) is 5.32 Å². The lowest BCUT2D eigenvalue weighted by molar-refractivity contribution is -0.140. The van der Waals surface area contributed by atoms with Crippen LogP contribution in [-0.2, 0) is 19.1 Å². The first-order chi connectivity index (χ1) is 15.9. The summed E-state index contributed by atoms with van der Waals surface area (Å²) < 4.78 is 10.5. The molecule has 0 saturated carbocycles. The molecule has 2 aromatic rings. The van der Waals surface area contributed by atoms with Crippen LogP contribution >= 0.6 is 23.2 Å². The number of ether oxygens (including phenoxy) is 2. The molecule has 2 aliphatic rings. The Morgan fingerprint density at radius 2 is 1.58 bits per heavy atom. The molecule has 2 aromatic carbocycles. The van der Waals surface area contributed by atoms with Gasteiger partial charge in [-0.25, -0.2) is 4.79 Å². The lowest BCUT2D eigenvalue weighted by atomic mass is 9.72. The molecular formula is C26H25Cl2NO4. The molecular weight excluding hydrogens is 461 g/mol. The zero-order valence-corrected chi connectivity index (χ0v) is 20.0. The molecule has 1 aliphatic heterocycles. The summed E-state index contributed by atoms with van der Waals surface area (Å²) in [5.41, 5.74) is 4.47. The number of esters is 1. The summed E-state index contributed by atoms with van der Waals surface area (Å²) in [5.74, 6) is -0.934. The van der Waals surface area contributed by atoms with Crippen LogP contribution in [0.5, 0.6) is 0 Å². The number of rotatable bonds is 6. The molecule has 0 spiro atoms. The van der Waals surface area contributed by atoms with Crippen molar-refractivity contribution < 1.29 is 19.1 Å². The predicted octanol–water partition coefficient (Wildman–Crippen LogP) is 5.54.